The zero-order valence-electron chi connectivity index (χ0n) is 15.2. The minimum atomic E-state index is -1.22. The molecule has 0 aliphatic carbocycles. The van der Waals surface area contributed by atoms with E-state index < -0.39 is 6.09 Å². The Morgan fingerprint density at radius 3 is 2.22 bits per heavy atom. The highest BCUT2D eigenvalue weighted by atomic mass is 32.1. The van der Waals surface area contributed by atoms with Gasteiger partial charge in [0.1, 0.15) is 4.88 Å². The van der Waals surface area contributed by atoms with E-state index in [2.05, 4.69) is 15.6 Å². The summed E-state index contributed by atoms with van der Waals surface area (Å²) in [7, 11) is 0. The smallest absolute Gasteiger partial charge is 0.410 e. The summed E-state index contributed by atoms with van der Waals surface area (Å²) >= 11 is 1.01. The van der Waals surface area contributed by atoms with E-state index in [1.165, 1.54) is 0 Å². The standard InChI is InChI=1S/C20H19N3O3S/c1-11-9-12(2)15(13(3)10-11)21-18(24)17-16(14-7-5-4-6-8-14)22-19(27-17)23-20(25)26/h4-10H,1-3H3,(H,21,24)(H,22,23)(H,25,26). The molecular formula is C20H19N3O3S. The fourth-order valence-electron chi connectivity index (χ4n) is 2.96. The van der Waals surface area contributed by atoms with Crippen LogP contribution in [0.15, 0.2) is 42.5 Å². The number of aryl methyl sites for hydroxylation is 3. The minimum Gasteiger partial charge on any atom is -0.465 e. The van der Waals surface area contributed by atoms with E-state index in [9.17, 15) is 9.59 Å². The normalized spacial score (nSPS) is 10.5. The molecule has 0 saturated carbocycles. The molecule has 0 fully saturated rings. The third-order valence-corrected chi connectivity index (χ3v) is 4.98. The highest BCUT2D eigenvalue weighted by molar-refractivity contribution is 7.18. The number of benzene rings is 2. The number of carboxylic acid groups (broad SMARTS) is 1. The lowest BCUT2D eigenvalue weighted by Gasteiger charge is -2.12. The molecule has 0 bridgehead atoms. The monoisotopic (exact) mass is 381 g/mol. The molecule has 3 N–H and O–H groups in total. The lowest BCUT2D eigenvalue weighted by atomic mass is 10.0. The zero-order valence-corrected chi connectivity index (χ0v) is 16.0. The molecule has 7 heteroatoms. The summed E-state index contributed by atoms with van der Waals surface area (Å²) in [6.07, 6.45) is -1.22. The first-order chi connectivity index (χ1) is 12.8. The van der Waals surface area contributed by atoms with Gasteiger partial charge < -0.3 is 10.4 Å². The first kappa shape index (κ1) is 18.6. The lowest BCUT2D eigenvalue weighted by Crippen LogP contribution is -2.13. The van der Waals surface area contributed by atoms with Gasteiger partial charge in [0.05, 0.1) is 5.69 Å². The Kier molecular flexibility index (Phi) is 5.23. The van der Waals surface area contributed by atoms with E-state index in [1.807, 2.05) is 63.2 Å². The minimum absolute atomic E-state index is 0.156. The second-order valence-electron chi connectivity index (χ2n) is 6.22. The van der Waals surface area contributed by atoms with Crippen LogP contribution in [0.1, 0.15) is 26.4 Å². The second-order valence-corrected chi connectivity index (χ2v) is 7.22. The highest BCUT2D eigenvalue weighted by Gasteiger charge is 2.21. The van der Waals surface area contributed by atoms with Crippen LogP contribution in [-0.2, 0) is 0 Å². The van der Waals surface area contributed by atoms with Crippen LogP contribution in [0.2, 0.25) is 0 Å². The molecule has 0 spiro atoms. The van der Waals surface area contributed by atoms with E-state index in [4.69, 9.17) is 5.11 Å². The summed E-state index contributed by atoms with van der Waals surface area (Å²) in [6.45, 7) is 5.89. The Hall–Kier alpha value is -3.19. The molecule has 0 radical (unpaired) electrons. The first-order valence-corrected chi connectivity index (χ1v) is 9.12. The Bertz CT molecular complexity index is 990. The summed E-state index contributed by atoms with van der Waals surface area (Å²) in [5, 5.41) is 14.3. The van der Waals surface area contributed by atoms with Crippen molar-refractivity contribution < 1.29 is 14.7 Å². The summed E-state index contributed by atoms with van der Waals surface area (Å²) in [5.41, 5.74) is 5.01. The Labute approximate surface area is 160 Å². The Morgan fingerprint density at radius 2 is 1.63 bits per heavy atom. The van der Waals surface area contributed by atoms with Gasteiger partial charge in [-0.3, -0.25) is 10.1 Å². The Morgan fingerprint density at radius 1 is 1.00 bits per heavy atom. The molecule has 3 aromatic rings. The number of nitrogens with one attached hydrogen (secondary N) is 2. The Balaban J connectivity index is 2.01. The van der Waals surface area contributed by atoms with Gasteiger partial charge in [-0.05, 0) is 31.9 Å². The van der Waals surface area contributed by atoms with Gasteiger partial charge in [-0.1, -0.05) is 59.4 Å². The fraction of sp³-hybridized carbons (Fsp3) is 0.150. The largest absolute Gasteiger partial charge is 0.465 e. The number of aromatic nitrogens is 1. The average molecular weight is 381 g/mol. The van der Waals surface area contributed by atoms with Crippen LogP contribution in [-0.4, -0.2) is 22.1 Å². The lowest BCUT2D eigenvalue weighted by molar-refractivity contribution is 0.103. The van der Waals surface area contributed by atoms with E-state index in [0.717, 1.165) is 39.3 Å². The summed E-state index contributed by atoms with van der Waals surface area (Å²) in [5.74, 6) is -0.320. The first-order valence-electron chi connectivity index (χ1n) is 8.30. The van der Waals surface area contributed by atoms with Crippen molar-refractivity contribution in [3.63, 3.8) is 0 Å². The molecule has 0 unspecified atom stereocenters. The van der Waals surface area contributed by atoms with Gasteiger partial charge in [-0.2, -0.15) is 0 Å². The van der Waals surface area contributed by atoms with Crippen molar-refractivity contribution in [2.45, 2.75) is 20.8 Å². The molecule has 3 rings (SSSR count). The maximum Gasteiger partial charge on any atom is 0.410 e. The number of rotatable bonds is 4. The summed E-state index contributed by atoms with van der Waals surface area (Å²) in [4.78, 5) is 28.6. The molecule has 0 aliphatic rings. The van der Waals surface area contributed by atoms with Crippen molar-refractivity contribution in [1.29, 1.82) is 0 Å². The van der Waals surface area contributed by atoms with Gasteiger partial charge >= 0.3 is 6.09 Å². The highest BCUT2D eigenvalue weighted by Crippen LogP contribution is 2.32. The second kappa shape index (κ2) is 7.59. The zero-order chi connectivity index (χ0) is 19.6. The molecule has 27 heavy (non-hydrogen) atoms. The molecule has 6 nitrogen and oxygen atoms in total. The van der Waals surface area contributed by atoms with Crippen LogP contribution in [0.25, 0.3) is 11.3 Å². The maximum atomic E-state index is 13.0. The fourth-order valence-corrected chi connectivity index (χ4v) is 3.83. The molecule has 138 valence electrons. The number of thiazole rings is 1. The van der Waals surface area contributed by atoms with Crippen molar-refractivity contribution in [2.75, 3.05) is 10.6 Å². The number of anilines is 2. The van der Waals surface area contributed by atoms with Crippen LogP contribution in [0.5, 0.6) is 0 Å². The molecule has 0 aliphatic heterocycles. The number of nitrogens with zero attached hydrogens (tertiary/aromatic N) is 1. The van der Waals surface area contributed by atoms with E-state index in [0.29, 0.717) is 10.6 Å². The number of amides is 2. The number of carbonyl (C=O) groups excluding carboxylic acids is 1. The average Bonchev–Trinajstić information content (AvgIpc) is 3.02. The van der Waals surface area contributed by atoms with Crippen molar-refractivity contribution >= 4 is 34.2 Å². The molecule has 1 heterocycles. The van der Waals surface area contributed by atoms with Crippen LogP contribution in [0.4, 0.5) is 15.6 Å². The van der Waals surface area contributed by atoms with Gasteiger partial charge in [0, 0.05) is 11.3 Å². The van der Waals surface area contributed by atoms with Gasteiger partial charge in [-0.25, -0.2) is 9.78 Å². The summed E-state index contributed by atoms with van der Waals surface area (Å²) in [6, 6.07) is 13.2. The number of hydrogen-bond acceptors (Lipinski definition) is 4. The van der Waals surface area contributed by atoms with Crippen LogP contribution >= 0.6 is 11.3 Å². The van der Waals surface area contributed by atoms with E-state index in [-0.39, 0.29) is 11.0 Å². The van der Waals surface area contributed by atoms with Gasteiger partial charge in [0.15, 0.2) is 5.13 Å². The number of carbonyl (C=O) groups is 2. The predicted molar refractivity (Wildman–Crippen MR) is 108 cm³/mol. The van der Waals surface area contributed by atoms with Crippen molar-refractivity contribution in [1.82, 2.24) is 4.98 Å². The summed E-state index contributed by atoms with van der Waals surface area (Å²) < 4.78 is 0. The molecule has 2 amide bonds. The SMILES string of the molecule is Cc1cc(C)c(NC(=O)c2sc(NC(=O)O)nc2-c2ccccc2)c(C)c1. The molecule has 1 aromatic heterocycles. The molecule has 0 atom stereocenters. The van der Waals surface area contributed by atoms with Crippen LogP contribution in [0.3, 0.4) is 0 Å². The predicted octanol–water partition coefficient (Wildman–Crippen LogP) is 5.08. The van der Waals surface area contributed by atoms with Crippen LogP contribution in [0, 0.1) is 20.8 Å². The van der Waals surface area contributed by atoms with Crippen molar-refractivity contribution in [3.05, 3.63) is 64.0 Å². The van der Waals surface area contributed by atoms with Gasteiger partial charge in [-0.15, -0.1) is 0 Å². The van der Waals surface area contributed by atoms with Gasteiger partial charge in [0.2, 0.25) is 0 Å². The third kappa shape index (κ3) is 4.15. The molecule has 2 aromatic carbocycles. The van der Waals surface area contributed by atoms with Crippen molar-refractivity contribution in [3.8, 4) is 11.3 Å². The van der Waals surface area contributed by atoms with Gasteiger partial charge in [0.25, 0.3) is 5.91 Å². The van der Waals surface area contributed by atoms with E-state index >= 15 is 0 Å². The maximum absolute atomic E-state index is 13.0. The molecular weight excluding hydrogens is 362 g/mol. The quantitative estimate of drug-likeness (QED) is 0.588. The van der Waals surface area contributed by atoms with Crippen molar-refractivity contribution in [2.24, 2.45) is 0 Å². The van der Waals surface area contributed by atoms with Crippen LogP contribution < -0.4 is 10.6 Å². The number of hydrogen-bond donors (Lipinski definition) is 3. The molecule has 0 saturated heterocycles. The van der Waals surface area contributed by atoms with E-state index in [1.54, 1.807) is 0 Å². The third-order valence-electron chi connectivity index (χ3n) is 4.01. The topological polar surface area (TPSA) is 91.3 Å².